The SMILES string of the molecule is CN[C@H](N(C)C)N(C)C(C)C(C)C. The molecule has 3 heteroatoms. The number of hydrogen-bond donors (Lipinski definition) is 1. The van der Waals surface area contributed by atoms with Gasteiger partial charge in [0, 0.05) is 6.04 Å². The minimum Gasteiger partial charge on any atom is -0.292 e. The number of hydrogen-bond acceptors (Lipinski definition) is 3. The van der Waals surface area contributed by atoms with Crippen molar-refractivity contribution >= 4 is 0 Å². The lowest BCUT2D eigenvalue weighted by atomic mass is 10.1. The van der Waals surface area contributed by atoms with Crippen LogP contribution in [0.1, 0.15) is 20.8 Å². The van der Waals surface area contributed by atoms with Crippen LogP contribution in [0.2, 0.25) is 0 Å². The third-order valence-corrected chi connectivity index (χ3v) is 2.74. The van der Waals surface area contributed by atoms with Gasteiger partial charge in [-0.05, 0) is 41.0 Å². The minimum absolute atomic E-state index is 0.317. The minimum atomic E-state index is 0.317. The molecule has 0 saturated carbocycles. The molecule has 0 fully saturated rings. The number of nitrogens with one attached hydrogen (secondary N) is 1. The summed E-state index contributed by atoms with van der Waals surface area (Å²) in [5, 5.41) is 3.29. The van der Waals surface area contributed by atoms with E-state index in [-0.39, 0.29) is 0 Å². The van der Waals surface area contributed by atoms with Crippen molar-refractivity contribution in [1.29, 1.82) is 0 Å². The highest BCUT2D eigenvalue weighted by atomic mass is 15.4. The second-order valence-electron chi connectivity index (χ2n) is 4.28. The van der Waals surface area contributed by atoms with E-state index >= 15 is 0 Å². The van der Waals surface area contributed by atoms with Gasteiger partial charge in [0.25, 0.3) is 0 Å². The highest BCUT2D eigenvalue weighted by Gasteiger charge is 2.21. The van der Waals surface area contributed by atoms with Crippen LogP contribution >= 0.6 is 0 Å². The second kappa shape index (κ2) is 5.58. The molecule has 1 N–H and O–H groups in total. The Labute approximate surface area is 83.1 Å². The van der Waals surface area contributed by atoms with Gasteiger partial charge in [-0.1, -0.05) is 13.8 Å². The Hall–Kier alpha value is -0.120. The van der Waals surface area contributed by atoms with Gasteiger partial charge < -0.3 is 0 Å². The zero-order chi connectivity index (χ0) is 10.6. The van der Waals surface area contributed by atoms with Gasteiger partial charge >= 0.3 is 0 Å². The van der Waals surface area contributed by atoms with Crippen molar-refractivity contribution in [3.8, 4) is 0 Å². The van der Waals surface area contributed by atoms with E-state index in [1.54, 1.807) is 0 Å². The highest BCUT2D eigenvalue weighted by molar-refractivity contribution is 4.71. The molecular weight excluding hydrogens is 162 g/mol. The fraction of sp³-hybridized carbons (Fsp3) is 1.00. The van der Waals surface area contributed by atoms with E-state index < -0.39 is 0 Å². The van der Waals surface area contributed by atoms with Crippen molar-refractivity contribution in [2.75, 3.05) is 28.2 Å². The Morgan fingerprint density at radius 2 is 1.46 bits per heavy atom. The summed E-state index contributed by atoms with van der Waals surface area (Å²) in [6.07, 6.45) is 0.317. The third-order valence-electron chi connectivity index (χ3n) is 2.74. The van der Waals surface area contributed by atoms with Gasteiger partial charge in [0.1, 0.15) is 6.29 Å². The molecule has 2 atom stereocenters. The Morgan fingerprint density at radius 1 is 1.00 bits per heavy atom. The molecule has 0 aromatic heterocycles. The first-order valence-corrected chi connectivity index (χ1v) is 4.97. The molecule has 0 spiro atoms. The van der Waals surface area contributed by atoms with E-state index in [1.807, 2.05) is 7.05 Å². The maximum atomic E-state index is 3.29. The van der Waals surface area contributed by atoms with Crippen molar-refractivity contribution in [3.63, 3.8) is 0 Å². The first kappa shape index (κ1) is 12.9. The lowest BCUT2D eigenvalue weighted by Gasteiger charge is -2.38. The van der Waals surface area contributed by atoms with Crippen LogP contribution in [-0.4, -0.2) is 50.3 Å². The van der Waals surface area contributed by atoms with Crippen molar-refractivity contribution < 1.29 is 0 Å². The fourth-order valence-electron chi connectivity index (χ4n) is 1.52. The molecule has 1 unspecified atom stereocenters. The summed E-state index contributed by atoms with van der Waals surface area (Å²) in [5.41, 5.74) is 0. The van der Waals surface area contributed by atoms with E-state index in [9.17, 15) is 0 Å². The van der Waals surface area contributed by atoms with E-state index in [0.29, 0.717) is 18.2 Å². The first-order chi connectivity index (χ1) is 5.91. The van der Waals surface area contributed by atoms with Crippen LogP contribution < -0.4 is 5.32 Å². The lowest BCUT2D eigenvalue weighted by molar-refractivity contribution is 0.0354. The maximum absolute atomic E-state index is 3.29. The summed E-state index contributed by atoms with van der Waals surface area (Å²) in [6.45, 7) is 6.77. The molecule has 0 aromatic rings. The Bertz CT molecular complexity index is 134. The van der Waals surface area contributed by atoms with Crippen LogP contribution in [0.25, 0.3) is 0 Å². The Morgan fingerprint density at radius 3 is 1.69 bits per heavy atom. The largest absolute Gasteiger partial charge is 0.292 e. The highest BCUT2D eigenvalue weighted by Crippen LogP contribution is 2.10. The van der Waals surface area contributed by atoms with Crippen LogP contribution in [0.15, 0.2) is 0 Å². The summed E-state index contributed by atoms with van der Waals surface area (Å²) in [5.74, 6) is 0.681. The van der Waals surface area contributed by atoms with E-state index in [0.717, 1.165) is 0 Å². The van der Waals surface area contributed by atoms with Crippen LogP contribution in [0.3, 0.4) is 0 Å². The zero-order valence-electron chi connectivity index (χ0n) is 10.1. The molecule has 0 amide bonds. The first-order valence-electron chi connectivity index (χ1n) is 4.97. The van der Waals surface area contributed by atoms with E-state index in [1.165, 1.54) is 0 Å². The summed E-state index contributed by atoms with van der Waals surface area (Å²) < 4.78 is 0. The third kappa shape index (κ3) is 3.63. The van der Waals surface area contributed by atoms with Crippen LogP contribution in [0.5, 0.6) is 0 Å². The number of nitrogens with zero attached hydrogens (tertiary/aromatic N) is 2. The molecule has 80 valence electrons. The maximum Gasteiger partial charge on any atom is 0.116 e. The van der Waals surface area contributed by atoms with E-state index in [4.69, 9.17) is 0 Å². The van der Waals surface area contributed by atoms with Crippen molar-refractivity contribution in [1.82, 2.24) is 15.1 Å². The Balaban J connectivity index is 4.27. The quantitative estimate of drug-likeness (QED) is 0.649. The van der Waals surface area contributed by atoms with Crippen LogP contribution in [-0.2, 0) is 0 Å². The normalized spacial score (nSPS) is 17.1. The molecule has 0 aliphatic heterocycles. The van der Waals surface area contributed by atoms with Crippen LogP contribution in [0.4, 0.5) is 0 Å². The predicted octanol–water partition coefficient (Wildman–Crippen LogP) is 1.03. The summed E-state index contributed by atoms with van der Waals surface area (Å²) in [4.78, 5) is 4.53. The van der Waals surface area contributed by atoms with Crippen molar-refractivity contribution in [2.45, 2.75) is 33.1 Å². The van der Waals surface area contributed by atoms with Gasteiger partial charge in [-0.15, -0.1) is 0 Å². The molecule has 13 heavy (non-hydrogen) atoms. The second-order valence-corrected chi connectivity index (χ2v) is 4.28. The molecule has 0 bridgehead atoms. The average molecular weight is 187 g/mol. The molecule has 0 aliphatic rings. The predicted molar refractivity (Wildman–Crippen MR) is 58.6 cm³/mol. The van der Waals surface area contributed by atoms with Crippen molar-refractivity contribution in [3.05, 3.63) is 0 Å². The fourth-order valence-corrected chi connectivity index (χ4v) is 1.52. The molecule has 3 nitrogen and oxygen atoms in total. The molecule has 0 radical (unpaired) electrons. The molecule has 0 heterocycles. The Kier molecular flexibility index (Phi) is 5.53. The average Bonchev–Trinajstić information content (AvgIpc) is 2.03. The van der Waals surface area contributed by atoms with Gasteiger partial charge in [0.05, 0.1) is 0 Å². The van der Waals surface area contributed by atoms with Gasteiger partial charge in [-0.2, -0.15) is 0 Å². The number of rotatable bonds is 5. The molecule has 0 aromatic carbocycles. The molecule has 0 rings (SSSR count). The summed E-state index contributed by atoms with van der Waals surface area (Å²) >= 11 is 0. The van der Waals surface area contributed by atoms with Crippen molar-refractivity contribution in [2.24, 2.45) is 5.92 Å². The molecule has 0 saturated heterocycles. The summed E-state index contributed by atoms with van der Waals surface area (Å²) in [7, 11) is 8.33. The summed E-state index contributed by atoms with van der Waals surface area (Å²) in [6, 6.07) is 0.583. The molecular formula is C10H25N3. The zero-order valence-corrected chi connectivity index (χ0v) is 10.1. The van der Waals surface area contributed by atoms with Gasteiger partial charge in [0.15, 0.2) is 0 Å². The smallest absolute Gasteiger partial charge is 0.116 e. The van der Waals surface area contributed by atoms with Gasteiger partial charge in [-0.3, -0.25) is 15.1 Å². The monoisotopic (exact) mass is 187 g/mol. The lowest BCUT2D eigenvalue weighted by Crippen LogP contribution is -2.55. The van der Waals surface area contributed by atoms with E-state index in [2.05, 4.69) is 57.0 Å². The molecule has 0 aliphatic carbocycles. The van der Waals surface area contributed by atoms with Gasteiger partial charge in [0.2, 0.25) is 0 Å². The standard InChI is InChI=1S/C10H25N3/c1-8(2)9(3)13(7)10(11-4)12(5)6/h8-11H,1-7H3/t9?,10-/m1/s1. The van der Waals surface area contributed by atoms with Gasteiger partial charge in [-0.25, -0.2) is 0 Å². The van der Waals surface area contributed by atoms with Crippen LogP contribution in [0, 0.1) is 5.92 Å². The topological polar surface area (TPSA) is 18.5 Å².